The topological polar surface area (TPSA) is 52.6 Å². The fraction of sp³-hybridized carbons (Fsp3) is 0.476. The maximum absolute atomic E-state index is 12.6. The molecule has 6 nitrogen and oxygen atoms in total. The van der Waals surface area contributed by atoms with Crippen LogP contribution in [0.2, 0.25) is 0 Å². The molecule has 6 heteroatoms. The molecule has 0 spiro atoms. The molecule has 1 amide bonds. The number of anilines is 2. The number of piperazine rings is 1. The van der Waals surface area contributed by atoms with E-state index in [2.05, 4.69) is 39.7 Å². The van der Waals surface area contributed by atoms with E-state index in [9.17, 15) is 4.79 Å². The van der Waals surface area contributed by atoms with E-state index in [0.29, 0.717) is 5.69 Å². The van der Waals surface area contributed by atoms with Crippen molar-refractivity contribution in [2.24, 2.45) is 0 Å². The van der Waals surface area contributed by atoms with Crippen LogP contribution in [0.1, 0.15) is 37.2 Å². The Bertz CT molecular complexity index is 705. The summed E-state index contributed by atoms with van der Waals surface area (Å²) in [7, 11) is 0. The second-order valence-electron chi connectivity index (χ2n) is 6.86. The fourth-order valence-electron chi connectivity index (χ4n) is 3.45. The van der Waals surface area contributed by atoms with Gasteiger partial charge in [-0.1, -0.05) is 19.9 Å². The number of nitrogens with zero attached hydrogens (tertiary/aromatic N) is 5. The molecule has 0 saturated carbocycles. The lowest BCUT2D eigenvalue weighted by molar-refractivity contribution is 0.0749. The molecule has 3 heterocycles. The van der Waals surface area contributed by atoms with Gasteiger partial charge in [0.1, 0.15) is 11.5 Å². The monoisotopic (exact) mass is 367 g/mol. The molecule has 2 aromatic heterocycles. The van der Waals surface area contributed by atoms with E-state index in [1.54, 1.807) is 0 Å². The van der Waals surface area contributed by atoms with Crippen LogP contribution in [0.15, 0.2) is 42.7 Å². The van der Waals surface area contributed by atoms with Gasteiger partial charge in [0.25, 0.3) is 5.91 Å². The van der Waals surface area contributed by atoms with E-state index in [1.165, 1.54) is 0 Å². The molecule has 27 heavy (non-hydrogen) atoms. The van der Waals surface area contributed by atoms with Crippen molar-refractivity contribution in [3.8, 4) is 0 Å². The van der Waals surface area contributed by atoms with Crippen LogP contribution >= 0.6 is 0 Å². The van der Waals surface area contributed by atoms with Crippen molar-refractivity contribution >= 4 is 17.4 Å². The van der Waals surface area contributed by atoms with Crippen LogP contribution in [-0.2, 0) is 0 Å². The molecule has 0 aromatic carbocycles. The van der Waals surface area contributed by atoms with Crippen LogP contribution in [0.4, 0.5) is 11.5 Å². The van der Waals surface area contributed by atoms with Crippen LogP contribution in [0.25, 0.3) is 0 Å². The van der Waals surface area contributed by atoms with Gasteiger partial charge >= 0.3 is 0 Å². The van der Waals surface area contributed by atoms with Gasteiger partial charge in [0.2, 0.25) is 0 Å². The maximum atomic E-state index is 12.6. The fourth-order valence-corrected chi connectivity index (χ4v) is 3.45. The summed E-state index contributed by atoms with van der Waals surface area (Å²) in [5, 5.41) is 0. The zero-order valence-electron chi connectivity index (χ0n) is 16.3. The summed E-state index contributed by atoms with van der Waals surface area (Å²) in [6.45, 7) is 9.45. The SMILES string of the molecule is CCCN(CCC)C(=O)c1ccc(N2CCN(c3ccccn3)CC2)cn1. The van der Waals surface area contributed by atoms with Crippen molar-refractivity contribution in [1.82, 2.24) is 14.9 Å². The normalized spacial score (nSPS) is 14.3. The Morgan fingerprint density at radius 2 is 1.67 bits per heavy atom. The standard InChI is InChI=1S/C21H29N5O/c1-3-11-26(12-4-2)21(27)19-9-8-18(17-23-19)24-13-15-25(16-14-24)20-7-5-6-10-22-20/h5-10,17H,3-4,11-16H2,1-2H3. The number of rotatable bonds is 7. The molecule has 1 aliphatic rings. The van der Waals surface area contributed by atoms with Crippen LogP contribution in [0.3, 0.4) is 0 Å². The third kappa shape index (κ3) is 4.76. The molecule has 0 bridgehead atoms. The van der Waals surface area contributed by atoms with E-state index in [1.807, 2.05) is 41.6 Å². The molecule has 0 atom stereocenters. The van der Waals surface area contributed by atoms with E-state index >= 15 is 0 Å². The van der Waals surface area contributed by atoms with Gasteiger partial charge in [-0.25, -0.2) is 9.97 Å². The summed E-state index contributed by atoms with van der Waals surface area (Å²) in [6, 6.07) is 9.90. The lowest BCUT2D eigenvalue weighted by atomic mass is 10.2. The molecular weight excluding hydrogens is 338 g/mol. The molecule has 0 aliphatic carbocycles. The third-order valence-electron chi connectivity index (χ3n) is 4.86. The first kappa shape index (κ1) is 19.1. The molecule has 1 fully saturated rings. The number of pyridine rings is 2. The van der Waals surface area contributed by atoms with Crippen molar-refractivity contribution in [2.45, 2.75) is 26.7 Å². The molecule has 1 aliphatic heterocycles. The third-order valence-corrected chi connectivity index (χ3v) is 4.86. The van der Waals surface area contributed by atoms with Gasteiger partial charge in [-0.3, -0.25) is 4.79 Å². The summed E-state index contributed by atoms with van der Waals surface area (Å²) >= 11 is 0. The number of amides is 1. The lowest BCUT2D eigenvalue weighted by Gasteiger charge is -2.36. The zero-order valence-corrected chi connectivity index (χ0v) is 16.3. The van der Waals surface area contributed by atoms with E-state index < -0.39 is 0 Å². The van der Waals surface area contributed by atoms with E-state index in [4.69, 9.17) is 0 Å². The maximum Gasteiger partial charge on any atom is 0.272 e. The van der Waals surface area contributed by atoms with Gasteiger partial charge in [0.05, 0.1) is 11.9 Å². The quantitative estimate of drug-likeness (QED) is 0.753. The van der Waals surface area contributed by atoms with Crippen LogP contribution in [0.5, 0.6) is 0 Å². The first-order valence-corrected chi connectivity index (χ1v) is 9.89. The molecule has 0 N–H and O–H groups in total. The minimum atomic E-state index is 0.0326. The Morgan fingerprint density at radius 3 is 2.22 bits per heavy atom. The summed E-state index contributed by atoms with van der Waals surface area (Å²) < 4.78 is 0. The van der Waals surface area contributed by atoms with Gasteiger partial charge in [0, 0.05) is 45.5 Å². The predicted molar refractivity (Wildman–Crippen MR) is 109 cm³/mol. The molecule has 0 unspecified atom stereocenters. The minimum absolute atomic E-state index is 0.0326. The van der Waals surface area contributed by atoms with Gasteiger partial charge in [-0.15, -0.1) is 0 Å². The number of carbonyl (C=O) groups is 1. The second-order valence-corrected chi connectivity index (χ2v) is 6.86. The highest BCUT2D eigenvalue weighted by Crippen LogP contribution is 2.19. The van der Waals surface area contributed by atoms with Crippen LogP contribution in [0, 0.1) is 0 Å². The Labute approximate surface area is 161 Å². The molecule has 1 saturated heterocycles. The summed E-state index contributed by atoms with van der Waals surface area (Å²) in [6.07, 6.45) is 5.59. The number of hydrogen-bond acceptors (Lipinski definition) is 5. The van der Waals surface area contributed by atoms with Gasteiger partial charge < -0.3 is 14.7 Å². The minimum Gasteiger partial charge on any atom is -0.367 e. The number of aromatic nitrogens is 2. The molecular formula is C21H29N5O. The predicted octanol–water partition coefficient (Wildman–Crippen LogP) is 3.07. The smallest absolute Gasteiger partial charge is 0.272 e. The molecule has 0 radical (unpaired) electrons. The first-order valence-electron chi connectivity index (χ1n) is 9.89. The first-order chi connectivity index (χ1) is 13.2. The Hall–Kier alpha value is -2.63. The van der Waals surface area contributed by atoms with Crippen LogP contribution in [-0.4, -0.2) is 60.0 Å². The second kappa shape index (κ2) is 9.35. The average Bonchev–Trinajstić information content (AvgIpc) is 2.74. The van der Waals surface area contributed by atoms with E-state index in [0.717, 1.165) is 63.6 Å². The van der Waals surface area contributed by atoms with Crippen molar-refractivity contribution in [3.63, 3.8) is 0 Å². The molecule has 2 aromatic rings. The Balaban J connectivity index is 1.60. The van der Waals surface area contributed by atoms with Crippen molar-refractivity contribution in [3.05, 3.63) is 48.4 Å². The Morgan fingerprint density at radius 1 is 0.963 bits per heavy atom. The highest BCUT2D eigenvalue weighted by molar-refractivity contribution is 5.92. The largest absolute Gasteiger partial charge is 0.367 e. The molecule has 3 rings (SSSR count). The average molecular weight is 367 g/mol. The summed E-state index contributed by atoms with van der Waals surface area (Å²) in [5.74, 6) is 1.06. The number of hydrogen-bond donors (Lipinski definition) is 0. The highest BCUT2D eigenvalue weighted by Gasteiger charge is 2.20. The van der Waals surface area contributed by atoms with Crippen molar-refractivity contribution in [2.75, 3.05) is 49.1 Å². The zero-order chi connectivity index (χ0) is 19.1. The number of carbonyl (C=O) groups excluding carboxylic acids is 1. The molecule has 144 valence electrons. The summed E-state index contributed by atoms with van der Waals surface area (Å²) in [4.78, 5) is 28.0. The van der Waals surface area contributed by atoms with Crippen LogP contribution < -0.4 is 9.80 Å². The van der Waals surface area contributed by atoms with Crippen molar-refractivity contribution in [1.29, 1.82) is 0 Å². The van der Waals surface area contributed by atoms with Gasteiger partial charge in [-0.05, 0) is 37.1 Å². The Kier molecular flexibility index (Phi) is 6.63. The van der Waals surface area contributed by atoms with Gasteiger partial charge in [0.15, 0.2) is 0 Å². The highest BCUT2D eigenvalue weighted by atomic mass is 16.2. The van der Waals surface area contributed by atoms with E-state index in [-0.39, 0.29) is 5.91 Å². The van der Waals surface area contributed by atoms with Gasteiger partial charge in [-0.2, -0.15) is 0 Å². The lowest BCUT2D eigenvalue weighted by Crippen LogP contribution is -2.46. The summed E-state index contributed by atoms with van der Waals surface area (Å²) in [5.41, 5.74) is 1.61. The van der Waals surface area contributed by atoms with Crippen molar-refractivity contribution < 1.29 is 4.79 Å².